The van der Waals surface area contributed by atoms with Crippen LogP contribution in [0.3, 0.4) is 0 Å². The number of nitrogens with zero attached hydrogens (tertiary/aromatic N) is 1. The van der Waals surface area contributed by atoms with E-state index in [4.69, 9.17) is 4.74 Å². The van der Waals surface area contributed by atoms with Crippen molar-refractivity contribution >= 4 is 21.4 Å². The van der Waals surface area contributed by atoms with Crippen LogP contribution in [-0.4, -0.2) is 46.1 Å². The third-order valence-corrected chi connectivity index (χ3v) is 6.61. The molecule has 0 aliphatic rings. The molecule has 0 saturated carbocycles. The Balaban J connectivity index is 2.92. The highest BCUT2D eigenvalue weighted by Gasteiger charge is 2.28. The van der Waals surface area contributed by atoms with E-state index in [-0.39, 0.29) is 6.04 Å². The van der Waals surface area contributed by atoms with Gasteiger partial charge in [0.2, 0.25) is 10.0 Å². The summed E-state index contributed by atoms with van der Waals surface area (Å²) in [5.41, 5.74) is 0. The van der Waals surface area contributed by atoms with Crippen LogP contribution in [-0.2, 0) is 21.3 Å². The molecule has 21 heavy (non-hydrogen) atoms. The van der Waals surface area contributed by atoms with E-state index in [2.05, 4.69) is 12.2 Å². The monoisotopic (exact) mass is 334 g/mol. The van der Waals surface area contributed by atoms with Gasteiger partial charge in [-0.1, -0.05) is 6.92 Å². The normalized spacial score (nSPS) is 13.8. The summed E-state index contributed by atoms with van der Waals surface area (Å²) in [5.74, 6) is 0. The number of hydrogen-bond acceptors (Lipinski definition) is 5. The molecule has 5 nitrogen and oxygen atoms in total. The van der Waals surface area contributed by atoms with Gasteiger partial charge in [0.25, 0.3) is 0 Å². The third kappa shape index (κ3) is 4.75. The van der Waals surface area contributed by atoms with Crippen LogP contribution >= 0.6 is 11.3 Å². The average molecular weight is 335 g/mol. The Morgan fingerprint density at radius 3 is 2.71 bits per heavy atom. The molecular formula is C14H26N2O3S2. The van der Waals surface area contributed by atoms with Gasteiger partial charge >= 0.3 is 0 Å². The summed E-state index contributed by atoms with van der Waals surface area (Å²) in [6.07, 6.45) is 1.06. The first-order chi connectivity index (χ1) is 9.84. The number of sulfonamides is 1. The fourth-order valence-electron chi connectivity index (χ4n) is 1.99. The first kappa shape index (κ1) is 18.6. The summed E-state index contributed by atoms with van der Waals surface area (Å²) in [6.45, 7) is 7.83. The molecule has 0 aliphatic heterocycles. The van der Waals surface area contributed by atoms with Gasteiger partial charge in [-0.05, 0) is 32.9 Å². The molecule has 1 unspecified atom stereocenters. The Morgan fingerprint density at radius 2 is 2.14 bits per heavy atom. The predicted octanol–water partition coefficient (Wildman–Crippen LogP) is 2.21. The fourth-order valence-corrected chi connectivity index (χ4v) is 4.91. The molecule has 0 spiro atoms. The Hall–Kier alpha value is -0.470. The molecule has 1 rings (SSSR count). The summed E-state index contributed by atoms with van der Waals surface area (Å²) in [4.78, 5) is 2.29. The minimum Gasteiger partial charge on any atom is -0.383 e. The van der Waals surface area contributed by atoms with E-state index in [1.165, 1.54) is 15.6 Å². The van der Waals surface area contributed by atoms with Crippen LogP contribution in [0.15, 0.2) is 11.0 Å². The highest BCUT2D eigenvalue weighted by Crippen LogP contribution is 2.28. The summed E-state index contributed by atoms with van der Waals surface area (Å²) in [6, 6.07) is 1.59. The zero-order valence-corrected chi connectivity index (χ0v) is 15.1. The second-order valence-corrected chi connectivity index (χ2v) is 8.44. The molecule has 7 heteroatoms. The first-order valence-electron chi connectivity index (χ1n) is 7.11. The molecule has 0 radical (unpaired) electrons. The van der Waals surface area contributed by atoms with E-state index in [9.17, 15) is 8.42 Å². The largest absolute Gasteiger partial charge is 0.383 e. The van der Waals surface area contributed by atoms with E-state index in [1.807, 2.05) is 13.8 Å². The van der Waals surface area contributed by atoms with E-state index >= 15 is 0 Å². The van der Waals surface area contributed by atoms with Crippen LogP contribution in [0, 0.1) is 6.92 Å². The Morgan fingerprint density at radius 1 is 1.48 bits per heavy atom. The van der Waals surface area contributed by atoms with Gasteiger partial charge in [-0.3, -0.25) is 0 Å². The number of aryl methyl sites for hydroxylation is 1. The predicted molar refractivity (Wildman–Crippen MR) is 87.3 cm³/mol. The topological polar surface area (TPSA) is 58.6 Å². The molecule has 1 aromatic rings. The number of likely N-dealkylation sites (N-methyl/N-ethyl adjacent to an activating group) is 1. The summed E-state index contributed by atoms with van der Waals surface area (Å²) in [5, 5.41) is 3.30. The van der Waals surface area contributed by atoms with Crippen molar-refractivity contribution < 1.29 is 13.2 Å². The molecule has 1 heterocycles. The zero-order valence-electron chi connectivity index (χ0n) is 13.5. The quantitative estimate of drug-likeness (QED) is 0.704. The van der Waals surface area contributed by atoms with Gasteiger partial charge in [0.15, 0.2) is 0 Å². The van der Waals surface area contributed by atoms with Crippen LogP contribution in [0.25, 0.3) is 0 Å². The van der Waals surface area contributed by atoms with Gasteiger partial charge in [0.05, 0.1) is 11.5 Å². The highest BCUT2D eigenvalue weighted by molar-refractivity contribution is 7.89. The van der Waals surface area contributed by atoms with Crippen molar-refractivity contribution in [3.05, 3.63) is 15.8 Å². The molecule has 1 N–H and O–H groups in total. The maximum absolute atomic E-state index is 12.7. The molecule has 0 aromatic carbocycles. The van der Waals surface area contributed by atoms with Crippen molar-refractivity contribution in [1.29, 1.82) is 0 Å². The lowest BCUT2D eigenvalue weighted by atomic mass is 10.4. The van der Waals surface area contributed by atoms with Crippen LogP contribution in [0.1, 0.15) is 30.0 Å². The number of rotatable bonds is 9. The summed E-state index contributed by atoms with van der Waals surface area (Å²) >= 11 is 1.53. The minimum atomic E-state index is -3.46. The molecule has 0 saturated heterocycles. The molecule has 0 amide bonds. The smallest absolute Gasteiger partial charge is 0.244 e. The lowest BCUT2D eigenvalue weighted by Crippen LogP contribution is -2.37. The van der Waals surface area contributed by atoms with Crippen LogP contribution in [0.2, 0.25) is 0 Å². The van der Waals surface area contributed by atoms with E-state index in [0.717, 1.165) is 22.7 Å². The van der Waals surface area contributed by atoms with Crippen molar-refractivity contribution in [2.75, 3.05) is 27.3 Å². The van der Waals surface area contributed by atoms with Crippen molar-refractivity contribution in [2.45, 2.75) is 44.7 Å². The van der Waals surface area contributed by atoms with Crippen molar-refractivity contribution in [3.8, 4) is 0 Å². The summed E-state index contributed by atoms with van der Waals surface area (Å²) in [7, 11) is -0.289. The lowest BCUT2D eigenvalue weighted by molar-refractivity contribution is 0.149. The fraction of sp³-hybridized carbons (Fsp3) is 0.714. The van der Waals surface area contributed by atoms with Gasteiger partial charge in [0.1, 0.15) is 0 Å². The Kier molecular flexibility index (Phi) is 7.29. The van der Waals surface area contributed by atoms with Gasteiger partial charge in [-0.25, -0.2) is 8.42 Å². The Labute approximate surface area is 132 Å². The maximum Gasteiger partial charge on any atom is 0.244 e. The average Bonchev–Trinajstić information content (AvgIpc) is 2.80. The van der Waals surface area contributed by atoms with E-state index in [1.54, 1.807) is 20.2 Å². The maximum atomic E-state index is 12.7. The van der Waals surface area contributed by atoms with E-state index in [0.29, 0.717) is 18.0 Å². The second kappa shape index (κ2) is 8.24. The molecule has 0 fully saturated rings. The second-order valence-electron chi connectivity index (χ2n) is 5.14. The minimum absolute atomic E-state index is 0.194. The van der Waals surface area contributed by atoms with Crippen LogP contribution < -0.4 is 5.32 Å². The number of ether oxygens (including phenoxy) is 1. The van der Waals surface area contributed by atoms with Gasteiger partial charge < -0.3 is 10.1 Å². The Bertz CT molecular complexity index is 540. The van der Waals surface area contributed by atoms with Crippen molar-refractivity contribution in [3.63, 3.8) is 0 Å². The van der Waals surface area contributed by atoms with Gasteiger partial charge in [0, 0.05) is 36.5 Å². The molecule has 1 atom stereocenters. The highest BCUT2D eigenvalue weighted by atomic mass is 32.2. The lowest BCUT2D eigenvalue weighted by Gasteiger charge is -2.23. The molecule has 122 valence electrons. The number of methoxy groups -OCH3 is 1. The van der Waals surface area contributed by atoms with Crippen LogP contribution in [0.4, 0.5) is 0 Å². The summed E-state index contributed by atoms with van der Waals surface area (Å²) < 4.78 is 31.8. The zero-order chi connectivity index (χ0) is 16.0. The SMILES string of the molecule is CCCNCc1cc(S(=O)(=O)N(C)C(C)COC)c(C)s1. The van der Waals surface area contributed by atoms with Crippen molar-refractivity contribution in [1.82, 2.24) is 9.62 Å². The molecule has 0 bridgehead atoms. The number of nitrogens with one attached hydrogen (secondary N) is 1. The number of hydrogen-bond donors (Lipinski definition) is 1. The standard InChI is InChI=1S/C14H26N2O3S2/c1-6-7-15-9-13-8-14(12(3)20-13)21(17,18)16(4)11(2)10-19-5/h8,11,15H,6-7,9-10H2,1-5H3. The van der Waals surface area contributed by atoms with Crippen molar-refractivity contribution in [2.24, 2.45) is 0 Å². The van der Waals surface area contributed by atoms with E-state index < -0.39 is 10.0 Å². The first-order valence-corrected chi connectivity index (χ1v) is 9.37. The van der Waals surface area contributed by atoms with Gasteiger partial charge in [-0.15, -0.1) is 11.3 Å². The number of thiophene rings is 1. The molecule has 0 aliphatic carbocycles. The third-order valence-electron chi connectivity index (χ3n) is 3.33. The van der Waals surface area contributed by atoms with Gasteiger partial charge in [-0.2, -0.15) is 4.31 Å². The molecular weight excluding hydrogens is 308 g/mol. The molecule has 1 aromatic heterocycles. The van der Waals surface area contributed by atoms with Crippen LogP contribution in [0.5, 0.6) is 0 Å².